The van der Waals surface area contributed by atoms with Crippen molar-refractivity contribution < 1.29 is 38.0 Å². The highest BCUT2D eigenvalue weighted by Crippen LogP contribution is 2.26. The van der Waals surface area contributed by atoms with Gasteiger partial charge >= 0.3 is 11.9 Å². The Labute approximate surface area is 236 Å². The summed E-state index contributed by atoms with van der Waals surface area (Å²) in [5.74, 6) is 0.982. The lowest BCUT2D eigenvalue weighted by Gasteiger charge is -2.32. The van der Waals surface area contributed by atoms with Crippen molar-refractivity contribution in [2.45, 2.75) is 78.3 Å². The van der Waals surface area contributed by atoms with Gasteiger partial charge in [0.05, 0.1) is 13.2 Å². The van der Waals surface area contributed by atoms with Gasteiger partial charge in [-0.3, -0.25) is 19.4 Å². The third-order valence-corrected chi connectivity index (χ3v) is 7.05. The second-order valence-corrected chi connectivity index (χ2v) is 10.1. The molecule has 10 heteroatoms. The highest BCUT2D eigenvalue weighted by atomic mass is 16.7. The molecule has 2 aromatic carbocycles. The standard InChI is InChI=1S/C30H40N2O8/c1-21(31-17-25-11-5-7-13-27(25)37-19-31)29(33)39-23(3)35-15-9-10-16-36-24(4)40-30(34)22(2)32-18-26-12-6-8-14-28(26)38-20-32/h5-8,11-14,21-24H,9-10,15-20H2,1-4H3. The van der Waals surface area contributed by atoms with Gasteiger partial charge < -0.3 is 28.4 Å². The fraction of sp³-hybridized carbons (Fsp3) is 0.533. The van der Waals surface area contributed by atoms with Crippen molar-refractivity contribution in [3.8, 4) is 11.5 Å². The lowest BCUT2D eigenvalue weighted by Crippen LogP contribution is -2.44. The highest BCUT2D eigenvalue weighted by molar-refractivity contribution is 5.75. The number of unbranched alkanes of at least 4 members (excludes halogenated alkanes) is 1. The largest absolute Gasteiger partial charge is 0.478 e. The van der Waals surface area contributed by atoms with Crippen molar-refractivity contribution in [1.82, 2.24) is 9.80 Å². The first-order valence-corrected chi connectivity index (χ1v) is 13.9. The summed E-state index contributed by atoms with van der Waals surface area (Å²) in [6, 6.07) is 14.7. The Kier molecular flexibility index (Phi) is 10.8. The Morgan fingerprint density at radius 2 is 1.10 bits per heavy atom. The van der Waals surface area contributed by atoms with Gasteiger partial charge in [-0.1, -0.05) is 36.4 Å². The van der Waals surface area contributed by atoms with Crippen molar-refractivity contribution in [1.29, 1.82) is 0 Å². The number of ether oxygens (including phenoxy) is 6. The summed E-state index contributed by atoms with van der Waals surface area (Å²) in [5.41, 5.74) is 2.09. The minimum Gasteiger partial charge on any atom is -0.478 e. The molecule has 2 aliphatic heterocycles. The summed E-state index contributed by atoms with van der Waals surface area (Å²) in [5, 5.41) is 0. The molecule has 2 aromatic rings. The summed E-state index contributed by atoms with van der Waals surface area (Å²) in [4.78, 5) is 29.0. The molecule has 40 heavy (non-hydrogen) atoms. The Morgan fingerprint density at radius 1 is 0.700 bits per heavy atom. The highest BCUT2D eigenvalue weighted by Gasteiger charge is 2.29. The van der Waals surface area contributed by atoms with Crippen LogP contribution in [0.15, 0.2) is 48.5 Å². The predicted octanol–water partition coefficient (Wildman–Crippen LogP) is 4.06. The van der Waals surface area contributed by atoms with Gasteiger partial charge in [0.15, 0.2) is 12.6 Å². The zero-order valence-electron chi connectivity index (χ0n) is 23.7. The Balaban J connectivity index is 1.05. The van der Waals surface area contributed by atoms with Gasteiger partial charge in [0.2, 0.25) is 0 Å². The quantitative estimate of drug-likeness (QED) is 0.204. The first-order valence-electron chi connectivity index (χ1n) is 13.9. The number of fused-ring (bicyclic) bond motifs is 2. The van der Waals surface area contributed by atoms with Crippen molar-refractivity contribution in [3.63, 3.8) is 0 Å². The SMILES string of the molecule is CC(OCCCCOC(C)OC(=O)C(C)N1COc2ccccc2C1)OC(=O)C(C)N1COc2ccccc2C1. The van der Waals surface area contributed by atoms with Crippen LogP contribution >= 0.6 is 0 Å². The Bertz CT molecular complexity index is 1040. The number of para-hydroxylation sites is 2. The van der Waals surface area contributed by atoms with Crippen LogP contribution in [0.25, 0.3) is 0 Å². The van der Waals surface area contributed by atoms with Crippen LogP contribution in [0.1, 0.15) is 51.7 Å². The van der Waals surface area contributed by atoms with Crippen LogP contribution in [-0.4, -0.2) is 73.1 Å². The number of esters is 2. The molecule has 4 unspecified atom stereocenters. The van der Waals surface area contributed by atoms with E-state index in [1.807, 2.05) is 58.3 Å². The maximum atomic E-state index is 12.6. The van der Waals surface area contributed by atoms with Gasteiger partial charge in [-0.15, -0.1) is 0 Å². The normalized spacial score (nSPS) is 18.2. The monoisotopic (exact) mass is 556 g/mol. The fourth-order valence-corrected chi connectivity index (χ4v) is 4.47. The first kappa shape index (κ1) is 29.8. The number of hydrogen-bond donors (Lipinski definition) is 0. The zero-order chi connectivity index (χ0) is 28.5. The van der Waals surface area contributed by atoms with Gasteiger partial charge in [-0.25, -0.2) is 0 Å². The lowest BCUT2D eigenvalue weighted by molar-refractivity contribution is -0.185. The smallest absolute Gasteiger partial charge is 0.325 e. The van der Waals surface area contributed by atoms with E-state index in [4.69, 9.17) is 28.4 Å². The van der Waals surface area contributed by atoms with E-state index in [0.717, 1.165) is 22.6 Å². The van der Waals surface area contributed by atoms with Gasteiger partial charge in [0, 0.05) is 24.2 Å². The summed E-state index contributed by atoms with van der Waals surface area (Å²) in [7, 11) is 0. The van der Waals surface area contributed by atoms with Crippen molar-refractivity contribution in [2.24, 2.45) is 0 Å². The Morgan fingerprint density at radius 3 is 1.52 bits per heavy atom. The molecule has 0 N–H and O–H groups in total. The minimum absolute atomic E-state index is 0.330. The molecule has 0 spiro atoms. The van der Waals surface area contributed by atoms with E-state index >= 15 is 0 Å². The molecular formula is C30H40N2O8. The molecule has 0 bridgehead atoms. The van der Waals surface area contributed by atoms with Crippen LogP contribution < -0.4 is 9.47 Å². The predicted molar refractivity (Wildman–Crippen MR) is 146 cm³/mol. The van der Waals surface area contributed by atoms with E-state index in [9.17, 15) is 9.59 Å². The minimum atomic E-state index is -0.666. The first-order chi connectivity index (χ1) is 19.3. The summed E-state index contributed by atoms with van der Waals surface area (Å²) in [6.45, 7) is 9.74. The average molecular weight is 557 g/mol. The molecule has 2 heterocycles. The van der Waals surface area contributed by atoms with E-state index < -0.39 is 24.7 Å². The number of rotatable bonds is 13. The molecule has 0 saturated heterocycles. The number of benzene rings is 2. The molecule has 0 amide bonds. The second kappa shape index (κ2) is 14.5. The van der Waals surface area contributed by atoms with Crippen molar-refractivity contribution in [2.75, 3.05) is 26.7 Å². The third kappa shape index (κ3) is 8.17. The molecular weight excluding hydrogens is 516 g/mol. The Hall–Kier alpha value is -3.18. The van der Waals surface area contributed by atoms with Crippen molar-refractivity contribution in [3.05, 3.63) is 59.7 Å². The molecule has 0 fully saturated rings. The van der Waals surface area contributed by atoms with Crippen LogP contribution in [0.2, 0.25) is 0 Å². The second-order valence-electron chi connectivity index (χ2n) is 10.1. The molecule has 0 aromatic heterocycles. The molecule has 10 nitrogen and oxygen atoms in total. The van der Waals surface area contributed by atoms with Crippen LogP contribution in [0.5, 0.6) is 11.5 Å². The fourth-order valence-electron chi connectivity index (χ4n) is 4.47. The molecule has 218 valence electrons. The number of carbonyl (C=O) groups excluding carboxylic acids is 2. The average Bonchev–Trinajstić information content (AvgIpc) is 2.97. The summed E-state index contributed by atoms with van der Waals surface area (Å²) < 4.78 is 33.7. The van der Waals surface area contributed by atoms with Gasteiger partial charge in [0.1, 0.15) is 37.0 Å². The van der Waals surface area contributed by atoms with Crippen LogP contribution in [-0.2, 0) is 41.6 Å². The van der Waals surface area contributed by atoms with E-state index in [2.05, 4.69) is 0 Å². The number of hydrogen-bond acceptors (Lipinski definition) is 10. The third-order valence-electron chi connectivity index (χ3n) is 7.05. The molecule has 4 rings (SSSR count). The zero-order valence-corrected chi connectivity index (χ0v) is 23.7. The maximum Gasteiger partial charge on any atom is 0.325 e. The maximum absolute atomic E-state index is 12.6. The van der Waals surface area contributed by atoms with Crippen molar-refractivity contribution >= 4 is 11.9 Å². The molecule has 2 aliphatic rings. The van der Waals surface area contributed by atoms with Crippen LogP contribution in [0, 0.1) is 0 Å². The van der Waals surface area contributed by atoms with Gasteiger partial charge in [-0.2, -0.15) is 0 Å². The van der Waals surface area contributed by atoms with Crippen LogP contribution in [0.4, 0.5) is 0 Å². The molecule has 0 aliphatic carbocycles. The van der Waals surface area contributed by atoms with E-state index in [-0.39, 0.29) is 11.9 Å². The summed E-state index contributed by atoms with van der Waals surface area (Å²) >= 11 is 0. The topological polar surface area (TPSA) is 96.0 Å². The van der Waals surface area contributed by atoms with E-state index in [1.54, 1.807) is 27.7 Å². The van der Waals surface area contributed by atoms with Gasteiger partial charge in [-0.05, 0) is 52.7 Å². The molecule has 4 atom stereocenters. The lowest BCUT2D eigenvalue weighted by atomic mass is 10.1. The molecule has 0 saturated carbocycles. The van der Waals surface area contributed by atoms with Gasteiger partial charge in [0.25, 0.3) is 0 Å². The summed E-state index contributed by atoms with van der Waals surface area (Å²) in [6.07, 6.45) is 0.0768. The van der Waals surface area contributed by atoms with E-state index in [0.29, 0.717) is 52.6 Å². The van der Waals surface area contributed by atoms with E-state index in [1.165, 1.54) is 0 Å². The van der Waals surface area contributed by atoms with Crippen LogP contribution in [0.3, 0.4) is 0 Å². The molecule has 0 radical (unpaired) electrons. The number of nitrogens with zero attached hydrogens (tertiary/aromatic N) is 2. The number of carbonyl (C=O) groups is 2.